The fraction of sp³-hybridized carbons (Fsp3) is 0.158. The van der Waals surface area contributed by atoms with E-state index in [4.69, 9.17) is 0 Å². The molecule has 0 bridgehead atoms. The molecule has 1 atom stereocenters. The molecular formula is C19H18N4OS. The van der Waals surface area contributed by atoms with Gasteiger partial charge in [0.25, 0.3) is 0 Å². The molecule has 126 valence electrons. The maximum Gasteiger partial charge on any atom is 0.233 e. The van der Waals surface area contributed by atoms with Gasteiger partial charge in [0.05, 0.1) is 5.25 Å². The quantitative estimate of drug-likeness (QED) is 0.714. The molecule has 3 rings (SSSR count). The van der Waals surface area contributed by atoms with Gasteiger partial charge in [-0.2, -0.15) is 0 Å². The zero-order valence-corrected chi connectivity index (χ0v) is 14.8. The van der Waals surface area contributed by atoms with Crippen molar-refractivity contribution in [1.29, 1.82) is 0 Å². The third-order valence-corrected chi connectivity index (χ3v) is 4.71. The van der Waals surface area contributed by atoms with Crippen LogP contribution in [0.25, 0.3) is 22.6 Å². The Kier molecular flexibility index (Phi) is 5.40. The predicted molar refractivity (Wildman–Crippen MR) is 100 cm³/mol. The van der Waals surface area contributed by atoms with Crippen molar-refractivity contribution in [3.8, 4) is 22.6 Å². The molecule has 1 N–H and O–H groups in total. The standard InChI is InChI=1S/C19H18N4OS/c1-13(18(24)20-2)25-19-16(14-9-5-3-6-10-14)22-23-17(21-19)15-11-7-4-8-12-15/h3-13H,1-2H3,(H,20,24). The third kappa shape index (κ3) is 4.03. The Hall–Kier alpha value is -2.73. The van der Waals surface area contributed by atoms with Crippen LogP contribution in [0.5, 0.6) is 0 Å². The molecule has 0 aliphatic heterocycles. The minimum absolute atomic E-state index is 0.0520. The minimum Gasteiger partial charge on any atom is -0.358 e. The molecular weight excluding hydrogens is 332 g/mol. The first-order valence-corrected chi connectivity index (χ1v) is 8.81. The maximum atomic E-state index is 11.9. The first kappa shape index (κ1) is 17.1. The van der Waals surface area contributed by atoms with Crippen molar-refractivity contribution < 1.29 is 4.79 Å². The van der Waals surface area contributed by atoms with Crippen molar-refractivity contribution in [2.75, 3.05) is 7.05 Å². The Morgan fingerprint density at radius 3 is 2.16 bits per heavy atom. The number of carbonyl (C=O) groups excluding carboxylic acids is 1. The van der Waals surface area contributed by atoms with Gasteiger partial charge in [-0.05, 0) is 6.92 Å². The van der Waals surface area contributed by atoms with E-state index in [9.17, 15) is 4.79 Å². The van der Waals surface area contributed by atoms with Crippen molar-refractivity contribution in [2.24, 2.45) is 0 Å². The summed E-state index contributed by atoms with van der Waals surface area (Å²) in [6.45, 7) is 1.85. The number of amides is 1. The highest BCUT2D eigenvalue weighted by Crippen LogP contribution is 2.31. The molecule has 1 unspecified atom stereocenters. The van der Waals surface area contributed by atoms with Crippen molar-refractivity contribution in [2.45, 2.75) is 17.2 Å². The molecule has 0 aliphatic rings. The van der Waals surface area contributed by atoms with E-state index in [2.05, 4.69) is 20.5 Å². The monoisotopic (exact) mass is 350 g/mol. The van der Waals surface area contributed by atoms with Gasteiger partial charge in [-0.15, -0.1) is 10.2 Å². The molecule has 1 amide bonds. The molecule has 0 spiro atoms. The SMILES string of the molecule is CNC(=O)C(C)Sc1nc(-c2ccccc2)nnc1-c1ccccc1. The summed E-state index contributed by atoms with van der Waals surface area (Å²) in [7, 11) is 1.63. The van der Waals surface area contributed by atoms with Gasteiger partial charge in [0, 0.05) is 18.2 Å². The lowest BCUT2D eigenvalue weighted by Gasteiger charge is -2.12. The topological polar surface area (TPSA) is 67.8 Å². The Labute approximate surface area is 150 Å². The van der Waals surface area contributed by atoms with Crippen LogP contribution in [0, 0.1) is 0 Å². The Morgan fingerprint density at radius 2 is 1.56 bits per heavy atom. The molecule has 5 nitrogen and oxygen atoms in total. The Balaban J connectivity index is 2.04. The zero-order valence-electron chi connectivity index (χ0n) is 14.0. The van der Waals surface area contributed by atoms with Crippen LogP contribution in [-0.2, 0) is 4.79 Å². The number of nitrogens with zero attached hydrogens (tertiary/aromatic N) is 3. The van der Waals surface area contributed by atoms with Gasteiger partial charge < -0.3 is 5.32 Å². The molecule has 6 heteroatoms. The molecule has 25 heavy (non-hydrogen) atoms. The van der Waals surface area contributed by atoms with Crippen LogP contribution in [0.15, 0.2) is 65.7 Å². The fourth-order valence-corrected chi connectivity index (χ4v) is 3.27. The Morgan fingerprint density at radius 1 is 0.960 bits per heavy atom. The summed E-state index contributed by atoms with van der Waals surface area (Å²) in [6.07, 6.45) is 0. The van der Waals surface area contributed by atoms with Gasteiger partial charge in [0.15, 0.2) is 5.82 Å². The van der Waals surface area contributed by atoms with Crippen molar-refractivity contribution in [3.05, 3.63) is 60.7 Å². The normalized spacial score (nSPS) is 11.8. The summed E-state index contributed by atoms with van der Waals surface area (Å²) in [4.78, 5) is 16.6. The number of nitrogens with one attached hydrogen (secondary N) is 1. The number of rotatable bonds is 5. The van der Waals surface area contributed by atoms with E-state index >= 15 is 0 Å². The van der Waals surface area contributed by atoms with Gasteiger partial charge in [-0.3, -0.25) is 4.79 Å². The van der Waals surface area contributed by atoms with Crippen LogP contribution >= 0.6 is 11.8 Å². The molecule has 2 aromatic carbocycles. The summed E-state index contributed by atoms with van der Waals surface area (Å²) in [6, 6.07) is 19.4. The van der Waals surface area contributed by atoms with Crippen LogP contribution in [-0.4, -0.2) is 33.4 Å². The second kappa shape index (κ2) is 7.90. The molecule has 0 saturated heterocycles. The van der Waals surface area contributed by atoms with E-state index in [1.165, 1.54) is 11.8 Å². The van der Waals surface area contributed by atoms with Crippen LogP contribution in [0.2, 0.25) is 0 Å². The summed E-state index contributed by atoms with van der Waals surface area (Å²) >= 11 is 1.38. The average Bonchev–Trinajstić information content (AvgIpc) is 2.68. The van der Waals surface area contributed by atoms with E-state index in [1.54, 1.807) is 7.05 Å². The van der Waals surface area contributed by atoms with Crippen molar-refractivity contribution >= 4 is 17.7 Å². The highest BCUT2D eigenvalue weighted by molar-refractivity contribution is 8.00. The predicted octanol–water partition coefficient (Wildman–Crippen LogP) is 3.43. The van der Waals surface area contributed by atoms with Gasteiger partial charge >= 0.3 is 0 Å². The summed E-state index contributed by atoms with van der Waals surface area (Å²) < 4.78 is 0. The molecule has 0 aliphatic carbocycles. The highest BCUT2D eigenvalue weighted by atomic mass is 32.2. The number of thioether (sulfide) groups is 1. The molecule has 1 aromatic heterocycles. The molecule has 3 aromatic rings. The third-order valence-electron chi connectivity index (χ3n) is 3.64. The van der Waals surface area contributed by atoms with Crippen LogP contribution in [0.4, 0.5) is 0 Å². The minimum atomic E-state index is -0.284. The average molecular weight is 350 g/mol. The van der Waals surface area contributed by atoms with Crippen LogP contribution < -0.4 is 5.32 Å². The van der Waals surface area contributed by atoms with Gasteiger partial charge in [0.1, 0.15) is 10.7 Å². The van der Waals surface area contributed by atoms with Gasteiger partial charge in [0.2, 0.25) is 5.91 Å². The largest absolute Gasteiger partial charge is 0.358 e. The van der Waals surface area contributed by atoms with Gasteiger partial charge in [-0.1, -0.05) is 72.4 Å². The summed E-state index contributed by atoms with van der Waals surface area (Å²) in [5.74, 6) is 0.496. The second-order valence-corrected chi connectivity index (χ2v) is 6.73. The van der Waals surface area contributed by atoms with E-state index < -0.39 is 0 Å². The maximum absolute atomic E-state index is 11.9. The molecule has 0 saturated carbocycles. The lowest BCUT2D eigenvalue weighted by atomic mass is 10.2. The summed E-state index contributed by atoms with van der Waals surface area (Å²) in [5, 5.41) is 11.8. The van der Waals surface area contributed by atoms with E-state index in [0.717, 1.165) is 11.1 Å². The van der Waals surface area contributed by atoms with Crippen LogP contribution in [0.1, 0.15) is 6.92 Å². The number of hydrogen-bond acceptors (Lipinski definition) is 5. The lowest BCUT2D eigenvalue weighted by molar-refractivity contribution is -0.119. The first-order chi connectivity index (χ1) is 12.2. The highest BCUT2D eigenvalue weighted by Gasteiger charge is 2.19. The van der Waals surface area contributed by atoms with E-state index in [0.29, 0.717) is 16.5 Å². The number of aromatic nitrogens is 3. The lowest BCUT2D eigenvalue weighted by Crippen LogP contribution is -2.27. The smallest absolute Gasteiger partial charge is 0.233 e. The number of hydrogen-bond donors (Lipinski definition) is 1. The molecule has 0 fully saturated rings. The Bertz CT molecular complexity index is 856. The first-order valence-electron chi connectivity index (χ1n) is 7.93. The summed E-state index contributed by atoms with van der Waals surface area (Å²) in [5.41, 5.74) is 2.50. The van der Waals surface area contributed by atoms with Gasteiger partial charge in [-0.25, -0.2) is 4.98 Å². The van der Waals surface area contributed by atoms with Crippen molar-refractivity contribution in [3.63, 3.8) is 0 Å². The zero-order chi connectivity index (χ0) is 17.6. The van der Waals surface area contributed by atoms with Crippen LogP contribution in [0.3, 0.4) is 0 Å². The fourth-order valence-electron chi connectivity index (χ4n) is 2.30. The van der Waals surface area contributed by atoms with E-state index in [-0.39, 0.29) is 11.2 Å². The second-order valence-electron chi connectivity index (χ2n) is 5.40. The number of carbonyl (C=O) groups is 1. The van der Waals surface area contributed by atoms with E-state index in [1.807, 2.05) is 67.6 Å². The number of benzene rings is 2. The molecule has 0 radical (unpaired) electrons. The molecule has 1 heterocycles. The van der Waals surface area contributed by atoms with Crippen molar-refractivity contribution in [1.82, 2.24) is 20.5 Å².